The highest BCUT2D eigenvalue weighted by Gasteiger charge is 2.15. The van der Waals surface area contributed by atoms with Crippen LogP contribution in [0.25, 0.3) is 5.69 Å². The molecule has 8 nitrogen and oxygen atoms in total. The first-order chi connectivity index (χ1) is 9.40. The van der Waals surface area contributed by atoms with Gasteiger partial charge in [-0.2, -0.15) is 5.10 Å². The fraction of sp³-hybridized carbons (Fsp3) is 0. The molecule has 0 aliphatic rings. The minimum absolute atomic E-state index is 0.195. The molecule has 20 heavy (non-hydrogen) atoms. The van der Waals surface area contributed by atoms with Gasteiger partial charge >= 0.3 is 5.97 Å². The van der Waals surface area contributed by atoms with Crippen LogP contribution in [0.3, 0.4) is 0 Å². The molecule has 0 unspecified atom stereocenters. The molecule has 0 spiro atoms. The Labute approximate surface area is 119 Å². The van der Waals surface area contributed by atoms with E-state index in [4.69, 9.17) is 5.11 Å². The summed E-state index contributed by atoms with van der Waals surface area (Å²) in [6.45, 7) is 0. The van der Waals surface area contributed by atoms with E-state index in [0.717, 1.165) is 10.7 Å². The summed E-state index contributed by atoms with van der Waals surface area (Å²) in [5.74, 6) is -1.46. The van der Waals surface area contributed by atoms with Crippen molar-refractivity contribution in [1.82, 2.24) is 9.78 Å². The summed E-state index contributed by atoms with van der Waals surface area (Å²) in [6, 6.07) is 5.19. The van der Waals surface area contributed by atoms with E-state index in [1.165, 1.54) is 24.4 Å². The number of nitro benzene ring substituents is 1. The van der Waals surface area contributed by atoms with Crippen molar-refractivity contribution in [3.8, 4) is 5.69 Å². The van der Waals surface area contributed by atoms with E-state index in [1.54, 1.807) is 0 Å². The molecule has 2 aromatic rings. The quantitative estimate of drug-likeness (QED) is 0.670. The molecule has 0 atom stereocenters. The zero-order chi connectivity index (χ0) is 14.9. The minimum Gasteiger partial charge on any atom is -0.476 e. The summed E-state index contributed by atoms with van der Waals surface area (Å²) < 4.78 is 1.37. The second kappa shape index (κ2) is 5.21. The van der Waals surface area contributed by atoms with Gasteiger partial charge in [-0.1, -0.05) is 0 Å². The van der Waals surface area contributed by atoms with Gasteiger partial charge in [-0.25, -0.2) is 9.48 Å². The molecule has 0 aliphatic carbocycles. The van der Waals surface area contributed by atoms with E-state index in [2.05, 4.69) is 21.0 Å². The lowest BCUT2D eigenvalue weighted by atomic mass is 10.3. The average Bonchev–Trinajstić information content (AvgIpc) is 2.39. The number of rotatable bonds is 3. The number of nitro groups is 1. The first-order valence-electron chi connectivity index (χ1n) is 5.18. The van der Waals surface area contributed by atoms with Gasteiger partial charge in [-0.15, -0.1) is 0 Å². The van der Waals surface area contributed by atoms with Gasteiger partial charge in [0.05, 0.1) is 15.1 Å². The van der Waals surface area contributed by atoms with Crippen molar-refractivity contribution < 1.29 is 14.8 Å². The molecule has 0 saturated heterocycles. The number of nitrogens with zero attached hydrogens (tertiary/aromatic N) is 3. The fourth-order valence-electron chi connectivity index (χ4n) is 1.48. The molecule has 0 radical (unpaired) electrons. The predicted octanol–water partition coefficient (Wildman–Crippen LogP) is 1.60. The second-order valence-corrected chi connectivity index (χ2v) is 4.53. The van der Waals surface area contributed by atoms with E-state index < -0.39 is 22.0 Å². The van der Waals surface area contributed by atoms with Gasteiger partial charge in [0.2, 0.25) is 11.1 Å². The second-order valence-electron chi connectivity index (χ2n) is 3.67. The first-order valence-corrected chi connectivity index (χ1v) is 5.97. The standard InChI is InChI=1S/C11H6BrN3O5/c12-7-2-1-6(5-8(7)15(19)20)14-4-3-9(16)10(13-14)11(17)18/h1-5H,(H,17,18). The highest BCUT2D eigenvalue weighted by atomic mass is 79.9. The predicted molar refractivity (Wildman–Crippen MR) is 71.1 cm³/mol. The lowest BCUT2D eigenvalue weighted by Gasteiger charge is -2.06. The van der Waals surface area contributed by atoms with Gasteiger partial charge in [0, 0.05) is 18.3 Å². The molecule has 2 rings (SSSR count). The van der Waals surface area contributed by atoms with Crippen molar-refractivity contribution in [2.75, 3.05) is 0 Å². The van der Waals surface area contributed by atoms with Crippen LogP contribution in [-0.4, -0.2) is 25.8 Å². The maximum Gasteiger partial charge on any atom is 0.360 e. The molecular weight excluding hydrogens is 334 g/mol. The Bertz CT molecular complexity index is 771. The van der Waals surface area contributed by atoms with Crippen molar-refractivity contribution in [3.05, 3.63) is 61.0 Å². The molecule has 9 heteroatoms. The SMILES string of the molecule is O=C(O)c1nn(-c2ccc(Br)c([N+](=O)[O-])c2)ccc1=O. The number of halogens is 1. The number of carboxylic acid groups (broad SMARTS) is 1. The zero-order valence-corrected chi connectivity index (χ0v) is 11.3. The summed E-state index contributed by atoms with van der Waals surface area (Å²) in [6.07, 6.45) is 1.24. The molecule has 1 N–H and O–H groups in total. The summed E-state index contributed by atoms with van der Waals surface area (Å²) in [4.78, 5) is 32.4. The van der Waals surface area contributed by atoms with Crippen molar-refractivity contribution in [3.63, 3.8) is 0 Å². The Morgan fingerprint density at radius 3 is 2.70 bits per heavy atom. The Morgan fingerprint density at radius 1 is 1.40 bits per heavy atom. The summed E-state index contributed by atoms with van der Waals surface area (Å²) >= 11 is 3.04. The van der Waals surface area contributed by atoms with Crippen LogP contribution in [0.2, 0.25) is 0 Å². The minimum atomic E-state index is -1.46. The number of carboxylic acids is 1. The van der Waals surface area contributed by atoms with Crippen LogP contribution >= 0.6 is 15.9 Å². The molecule has 0 amide bonds. The van der Waals surface area contributed by atoms with Crippen LogP contribution in [0.15, 0.2) is 39.7 Å². The van der Waals surface area contributed by atoms with Crippen LogP contribution in [-0.2, 0) is 0 Å². The van der Waals surface area contributed by atoms with E-state index >= 15 is 0 Å². The normalized spacial score (nSPS) is 10.2. The molecule has 102 valence electrons. The van der Waals surface area contributed by atoms with Gasteiger partial charge in [-0.3, -0.25) is 14.9 Å². The third kappa shape index (κ3) is 2.57. The zero-order valence-electron chi connectivity index (χ0n) is 9.69. The Kier molecular flexibility index (Phi) is 3.61. The van der Waals surface area contributed by atoms with Crippen LogP contribution in [0.1, 0.15) is 10.5 Å². The Morgan fingerprint density at radius 2 is 2.10 bits per heavy atom. The lowest BCUT2D eigenvalue weighted by molar-refractivity contribution is -0.385. The van der Waals surface area contributed by atoms with Crippen molar-refractivity contribution in [2.45, 2.75) is 0 Å². The number of hydrogen-bond acceptors (Lipinski definition) is 5. The van der Waals surface area contributed by atoms with E-state index in [1.807, 2.05) is 0 Å². The third-order valence-corrected chi connectivity index (χ3v) is 3.07. The number of benzene rings is 1. The van der Waals surface area contributed by atoms with Gasteiger partial charge in [0.1, 0.15) is 0 Å². The lowest BCUT2D eigenvalue weighted by Crippen LogP contribution is -2.20. The van der Waals surface area contributed by atoms with Gasteiger partial charge in [-0.05, 0) is 28.1 Å². The molecule has 0 aliphatic heterocycles. The molecule has 0 saturated carbocycles. The van der Waals surface area contributed by atoms with E-state index in [-0.39, 0.29) is 15.8 Å². The van der Waals surface area contributed by atoms with E-state index in [0.29, 0.717) is 0 Å². The monoisotopic (exact) mass is 339 g/mol. The summed E-state index contributed by atoms with van der Waals surface area (Å²) in [5, 5.41) is 23.3. The maximum atomic E-state index is 11.3. The Balaban J connectivity index is 2.60. The van der Waals surface area contributed by atoms with Crippen molar-refractivity contribution in [1.29, 1.82) is 0 Å². The van der Waals surface area contributed by atoms with Crippen LogP contribution < -0.4 is 5.43 Å². The third-order valence-electron chi connectivity index (χ3n) is 2.40. The number of aromatic carboxylic acids is 1. The smallest absolute Gasteiger partial charge is 0.360 e. The number of carbonyl (C=O) groups is 1. The molecule has 0 bridgehead atoms. The maximum absolute atomic E-state index is 11.3. The molecule has 0 fully saturated rings. The summed E-state index contributed by atoms with van der Waals surface area (Å²) in [7, 11) is 0. The molecule has 1 heterocycles. The van der Waals surface area contributed by atoms with Crippen LogP contribution in [0, 0.1) is 10.1 Å². The fourth-order valence-corrected chi connectivity index (χ4v) is 1.87. The van der Waals surface area contributed by atoms with Crippen molar-refractivity contribution in [2.24, 2.45) is 0 Å². The summed E-state index contributed by atoms with van der Waals surface area (Å²) in [5.41, 5.74) is -1.32. The highest BCUT2D eigenvalue weighted by molar-refractivity contribution is 9.10. The molecular formula is C11H6BrN3O5. The number of aromatic nitrogens is 2. The molecule has 1 aromatic heterocycles. The van der Waals surface area contributed by atoms with Gasteiger partial charge in [0.15, 0.2) is 0 Å². The van der Waals surface area contributed by atoms with Crippen LogP contribution in [0.4, 0.5) is 5.69 Å². The number of hydrogen-bond donors (Lipinski definition) is 1. The Hall–Kier alpha value is -2.55. The van der Waals surface area contributed by atoms with E-state index in [9.17, 15) is 19.7 Å². The highest BCUT2D eigenvalue weighted by Crippen LogP contribution is 2.26. The van der Waals surface area contributed by atoms with Gasteiger partial charge < -0.3 is 5.11 Å². The molecule has 1 aromatic carbocycles. The first kappa shape index (κ1) is 13.9. The van der Waals surface area contributed by atoms with Gasteiger partial charge in [0.25, 0.3) is 5.69 Å². The average molecular weight is 340 g/mol. The van der Waals surface area contributed by atoms with Crippen molar-refractivity contribution >= 4 is 27.6 Å². The van der Waals surface area contributed by atoms with Crippen LogP contribution in [0.5, 0.6) is 0 Å². The largest absolute Gasteiger partial charge is 0.476 e. The topological polar surface area (TPSA) is 115 Å².